The quantitative estimate of drug-likeness (QED) is 0.362. The molecule has 0 radical (unpaired) electrons. The summed E-state index contributed by atoms with van der Waals surface area (Å²) in [6.07, 6.45) is 2.03. The molecule has 160 valence electrons. The van der Waals surface area contributed by atoms with E-state index in [9.17, 15) is 4.79 Å². The Kier molecular flexibility index (Phi) is 6.01. The van der Waals surface area contributed by atoms with Crippen molar-refractivity contribution in [1.82, 2.24) is 15.2 Å². The van der Waals surface area contributed by atoms with Crippen molar-refractivity contribution in [3.05, 3.63) is 78.0 Å². The fourth-order valence-electron chi connectivity index (χ4n) is 3.86. The first kappa shape index (κ1) is 20.8. The van der Waals surface area contributed by atoms with Gasteiger partial charge in [0.1, 0.15) is 15.7 Å². The molecule has 0 unspecified atom stereocenters. The van der Waals surface area contributed by atoms with Crippen LogP contribution in [0.1, 0.15) is 17.7 Å². The molecule has 0 spiro atoms. The highest BCUT2D eigenvalue weighted by atomic mass is 32.2. The minimum atomic E-state index is 0.110. The Morgan fingerprint density at radius 1 is 1.03 bits per heavy atom. The second-order valence-electron chi connectivity index (χ2n) is 7.62. The highest BCUT2D eigenvalue weighted by Crippen LogP contribution is 2.34. The van der Waals surface area contributed by atoms with Crippen LogP contribution in [-0.4, -0.2) is 33.4 Å². The number of anilines is 1. The van der Waals surface area contributed by atoms with Crippen molar-refractivity contribution < 1.29 is 4.79 Å². The maximum Gasteiger partial charge on any atom is 0.237 e. The average Bonchev–Trinajstić information content (AvgIpc) is 3.24. The number of para-hydroxylation sites is 1. The number of fused-ring (bicyclic) bond motifs is 1. The molecule has 1 aliphatic heterocycles. The largest absolute Gasteiger partial charge is 0.311 e. The number of nitrogens with zero attached hydrogens (tertiary/aromatic N) is 4. The third-order valence-corrected chi connectivity index (χ3v) is 7.58. The van der Waals surface area contributed by atoms with Crippen LogP contribution in [0.5, 0.6) is 0 Å². The highest BCUT2D eigenvalue weighted by molar-refractivity contribution is 7.99. The zero-order chi connectivity index (χ0) is 21.9. The van der Waals surface area contributed by atoms with Crippen LogP contribution in [0.15, 0.2) is 71.8 Å². The van der Waals surface area contributed by atoms with Crippen molar-refractivity contribution in [2.75, 3.05) is 17.2 Å². The summed E-state index contributed by atoms with van der Waals surface area (Å²) >= 11 is 3.05. The molecule has 0 saturated carbocycles. The molecule has 2 aromatic carbocycles. The van der Waals surface area contributed by atoms with Crippen molar-refractivity contribution in [3.8, 4) is 21.1 Å². The van der Waals surface area contributed by atoms with Crippen LogP contribution in [-0.2, 0) is 11.2 Å². The normalized spacial score (nSPS) is 13.1. The van der Waals surface area contributed by atoms with Gasteiger partial charge in [0, 0.05) is 17.8 Å². The smallest absolute Gasteiger partial charge is 0.237 e. The zero-order valence-electron chi connectivity index (χ0n) is 17.7. The summed E-state index contributed by atoms with van der Waals surface area (Å²) in [5.74, 6) is 0.457. The third-order valence-electron chi connectivity index (χ3n) is 5.44. The van der Waals surface area contributed by atoms with E-state index in [4.69, 9.17) is 4.98 Å². The summed E-state index contributed by atoms with van der Waals surface area (Å²) in [4.78, 5) is 20.5. The number of hydrogen-bond acceptors (Lipinski definition) is 6. The van der Waals surface area contributed by atoms with E-state index in [1.807, 2.05) is 60.4 Å². The minimum absolute atomic E-state index is 0.110. The molecule has 0 N–H and O–H groups in total. The predicted molar refractivity (Wildman–Crippen MR) is 131 cm³/mol. The zero-order valence-corrected chi connectivity index (χ0v) is 19.3. The van der Waals surface area contributed by atoms with Crippen molar-refractivity contribution in [2.24, 2.45) is 0 Å². The van der Waals surface area contributed by atoms with Crippen LogP contribution in [0.4, 0.5) is 5.69 Å². The molecule has 0 aliphatic carbocycles. The maximum absolute atomic E-state index is 12.9. The number of carbonyl (C=O) groups is 1. The lowest BCUT2D eigenvalue weighted by Crippen LogP contribution is -2.36. The maximum atomic E-state index is 12.9. The van der Waals surface area contributed by atoms with E-state index < -0.39 is 0 Å². The van der Waals surface area contributed by atoms with Crippen molar-refractivity contribution in [3.63, 3.8) is 0 Å². The van der Waals surface area contributed by atoms with Crippen molar-refractivity contribution in [1.29, 1.82) is 0 Å². The van der Waals surface area contributed by atoms with Gasteiger partial charge in [0.15, 0.2) is 0 Å². The van der Waals surface area contributed by atoms with Crippen LogP contribution in [0.3, 0.4) is 0 Å². The van der Waals surface area contributed by atoms with Crippen LogP contribution in [0.2, 0.25) is 0 Å². The second-order valence-corrected chi connectivity index (χ2v) is 9.62. The fraction of sp³-hybridized carbons (Fsp3) is 0.200. The molecule has 1 aliphatic rings. The van der Waals surface area contributed by atoms with Crippen LogP contribution < -0.4 is 4.90 Å². The molecular formula is C25H22N4OS2. The van der Waals surface area contributed by atoms with Gasteiger partial charge >= 0.3 is 0 Å². The van der Waals surface area contributed by atoms with Crippen LogP contribution in [0, 0.1) is 6.92 Å². The molecule has 0 bridgehead atoms. The van der Waals surface area contributed by atoms with E-state index in [1.165, 1.54) is 17.3 Å². The number of thiazole rings is 1. The Morgan fingerprint density at radius 2 is 1.84 bits per heavy atom. The standard InChI is InChI=1S/C25H22N4OS2/c1-17-24(32-25(26-17)19-9-3-2-4-10-19)20-13-14-22(28-27-20)31-16-23(30)29-15-7-11-18-8-5-6-12-21(18)29/h2-6,8-10,12-14H,7,11,15-16H2,1H3. The molecule has 3 heterocycles. The van der Waals surface area contributed by atoms with E-state index in [1.54, 1.807) is 11.3 Å². The lowest BCUT2D eigenvalue weighted by atomic mass is 10.0. The minimum Gasteiger partial charge on any atom is -0.311 e. The molecule has 7 heteroatoms. The van der Waals surface area contributed by atoms with Crippen molar-refractivity contribution >= 4 is 34.7 Å². The van der Waals surface area contributed by atoms with Crippen LogP contribution >= 0.6 is 23.1 Å². The molecule has 4 aromatic rings. The van der Waals surface area contributed by atoms with Gasteiger partial charge in [0.25, 0.3) is 0 Å². The first-order valence-corrected chi connectivity index (χ1v) is 12.4. The SMILES string of the molecule is Cc1nc(-c2ccccc2)sc1-c1ccc(SCC(=O)N2CCCc3ccccc32)nn1. The Bertz CT molecular complexity index is 1240. The molecule has 2 aromatic heterocycles. The Labute approximate surface area is 195 Å². The van der Waals surface area contributed by atoms with Gasteiger partial charge in [0.05, 0.1) is 16.3 Å². The molecule has 0 atom stereocenters. The summed E-state index contributed by atoms with van der Waals surface area (Å²) < 4.78 is 0. The Balaban J connectivity index is 1.26. The molecule has 1 amide bonds. The number of aryl methyl sites for hydroxylation is 2. The topological polar surface area (TPSA) is 59.0 Å². The van der Waals surface area contributed by atoms with Crippen molar-refractivity contribution in [2.45, 2.75) is 24.8 Å². The number of aromatic nitrogens is 3. The molecule has 32 heavy (non-hydrogen) atoms. The van der Waals surface area contributed by atoms with Gasteiger partial charge in [0.2, 0.25) is 5.91 Å². The van der Waals surface area contributed by atoms with Gasteiger partial charge < -0.3 is 4.90 Å². The molecule has 0 fully saturated rings. The van der Waals surface area contributed by atoms with E-state index in [-0.39, 0.29) is 5.91 Å². The summed E-state index contributed by atoms with van der Waals surface area (Å²) in [6.45, 7) is 2.77. The fourth-order valence-corrected chi connectivity index (χ4v) is 5.59. The first-order valence-electron chi connectivity index (χ1n) is 10.6. The summed E-state index contributed by atoms with van der Waals surface area (Å²) in [7, 11) is 0. The number of carbonyl (C=O) groups excluding carboxylic acids is 1. The van der Waals surface area contributed by atoms with E-state index in [2.05, 4.69) is 28.4 Å². The molecule has 5 nitrogen and oxygen atoms in total. The number of rotatable bonds is 5. The average molecular weight is 459 g/mol. The lowest BCUT2D eigenvalue weighted by molar-refractivity contribution is -0.116. The first-order chi connectivity index (χ1) is 15.7. The third kappa shape index (κ3) is 4.31. The van der Waals surface area contributed by atoms with Gasteiger partial charge in [-0.2, -0.15) is 0 Å². The Hall–Kier alpha value is -3.03. The van der Waals surface area contributed by atoms with Gasteiger partial charge in [-0.3, -0.25) is 4.79 Å². The number of amides is 1. The van der Waals surface area contributed by atoms with Gasteiger partial charge in [-0.25, -0.2) is 4.98 Å². The molecule has 0 saturated heterocycles. The van der Waals surface area contributed by atoms with Crippen LogP contribution in [0.25, 0.3) is 21.1 Å². The number of thioether (sulfide) groups is 1. The van der Waals surface area contributed by atoms with E-state index >= 15 is 0 Å². The van der Waals surface area contributed by atoms with Gasteiger partial charge in [-0.15, -0.1) is 21.5 Å². The monoisotopic (exact) mass is 458 g/mol. The summed E-state index contributed by atoms with van der Waals surface area (Å²) in [5, 5.41) is 10.5. The molecular weight excluding hydrogens is 436 g/mol. The summed E-state index contributed by atoms with van der Waals surface area (Å²) in [6, 6.07) is 22.2. The second kappa shape index (κ2) is 9.22. The Morgan fingerprint density at radius 3 is 2.66 bits per heavy atom. The number of benzene rings is 2. The highest BCUT2D eigenvalue weighted by Gasteiger charge is 2.22. The molecule has 5 rings (SSSR count). The van der Waals surface area contributed by atoms with Gasteiger partial charge in [-0.1, -0.05) is 60.3 Å². The lowest BCUT2D eigenvalue weighted by Gasteiger charge is -2.29. The van der Waals surface area contributed by atoms with E-state index in [0.717, 1.165) is 56.9 Å². The van der Waals surface area contributed by atoms with E-state index in [0.29, 0.717) is 5.75 Å². The number of hydrogen-bond donors (Lipinski definition) is 0. The van der Waals surface area contributed by atoms with Gasteiger partial charge in [-0.05, 0) is 43.5 Å². The summed E-state index contributed by atoms with van der Waals surface area (Å²) in [5.41, 5.74) is 5.15. The predicted octanol–water partition coefficient (Wildman–Crippen LogP) is 5.65.